The predicted molar refractivity (Wildman–Crippen MR) is 104 cm³/mol. The summed E-state index contributed by atoms with van der Waals surface area (Å²) in [6.45, 7) is 2.20. The van der Waals surface area contributed by atoms with Crippen molar-refractivity contribution < 1.29 is 9.64 Å². The molecule has 130 valence electrons. The van der Waals surface area contributed by atoms with Gasteiger partial charge in [0.1, 0.15) is 22.9 Å². The van der Waals surface area contributed by atoms with E-state index in [-0.39, 0.29) is 0 Å². The second kappa shape index (κ2) is 6.82. The maximum Gasteiger partial charge on any atom is 0.191 e. The van der Waals surface area contributed by atoms with Crippen LogP contribution in [-0.4, -0.2) is 30.7 Å². The lowest BCUT2D eigenvalue weighted by atomic mass is 10.1. The van der Waals surface area contributed by atoms with Gasteiger partial charge in [-0.2, -0.15) is 0 Å². The van der Waals surface area contributed by atoms with E-state index in [9.17, 15) is 0 Å². The summed E-state index contributed by atoms with van der Waals surface area (Å²) in [4.78, 5) is 13.3. The van der Waals surface area contributed by atoms with E-state index in [2.05, 4.69) is 24.2 Å². The second-order valence-electron chi connectivity index (χ2n) is 6.35. The summed E-state index contributed by atoms with van der Waals surface area (Å²) in [5.41, 5.74) is 8.87. The Balaban J connectivity index is 1.58. The molecular weight excluding hydrogens is 352 g/mol. The van der Waals surface area contributed by atoms with Gasteiger partial charge in [0, 0.05) is 12.2 Å². The first-order valence-electron chi connectivity index (χ1n) is 8.29. The van der Waals surface area contributed by atoms with Crippen molar-refractivity contribution >= 4 is 39.1 Å². The van der Waals surface area contributed by atoms with Crippen LogP contribution < -0.4 is 15.4 Å². The smallest absolute Gasteiger partial charge is 0.191 e. The van der Waals surface area contributed by atoms with Crippen LogP contribution in [0.2, 0.25) is 0 Å². The Morgan fingerprint density at radius 1 is 1.28 bits per heavy atom. The third-order valence-electron chi connectivity index (χ3n) is 4.53. The standard InChI is InChI=1S/C18H20N4OS2/c1-22-8-7-13-14(9-22)25-17-15(13)16(19)20-18(21-17)24-10-11-3-5-12(23-2)6-4-11/h3-6H,7-10H2,1-2H3,(H2,19,20,21)/p+1. The van der Waals surface area contributed by atoms with Gasteiger partial charge in [-0.05, 0) is 23.3 Å². The van der Waals surface area contributed by atoms with E-state index >= 15 is 0 Å². The third-order valence-corrected chi connectivity index (χ3v) is 6.58. The van der Waals surface area contributed by atoms with E-state index in [1.54, 1.807) is 35.1 Å². The summed E-state index contributed by atoms with van der Waals surface area (Å²) >= 11 is 3.40. The molecule has 5 nitrogen and oxygen atoms in total. The van der Waals surface area contributed by atoms with Gasteiger partial charge in [-0.3, -0.25) is 0 Å². The number of aromatic nitrogens is 2. The maximum atomic E-state index is 6.29. The van der Waals surface area contributed by atoms with Gasteiger partial charge >= 0.3 is 0 Å². The van der Waals surface area contributed by atoms with Gasteiger partial charge in [0.25, 0.3) is 0 Å². The molecule has 1 unspecified atom stereocenters. The van der Waals surface area contributed by atoms with E-state index in [1.165, 1.54) is 16.0 Å². The average Bonchev–Trinajstić information content (AvgIpc) is 2.98. The number of quaternary nitrogens is 1. The van der Waals surface area contributed by atoms with Crippen LogP contribution in [0.4, 0.5) is 5.82 Å². The second-order valence-corrected chi connectivity index (χ2v) is 8.37. The molecule has 0 radical (unpaired) electrons. The number of ether oxygens (including phenoxy) is 1. The molecule has 0 saturated heterocycles. The molecule has 25 heavy (non-hydrogen) atoms. The molecule has 0 bridgehead atoms. The first-order chi connectivity index (χ1) is 12.1. The number of anilines is 1. The van der Waals surface area contributed by atoms with Crippen LogP contribution >= 0.6 is 23.1 Å². The van der Waals surface area contributed by atoms with Crippen molar-refractivity contribution in [1.82, 2.24) is 9.97 Å². The fourth-order valence-corrected chi connectivity index (χ4v) is 5.36. The van der Waals surface area contributed by atoms with Gasteiger partial charge in [-0.15, -0.1) is 11.3 Å². The topological polar surface area (TPSA) is 65.5 Å². The molecule has 2 aromatic heterocycles. The molecule has 3 heterocycles. The van der Waals surface area contributed by atoms with Crippen LogP contribution in [0.5, 0.6) is 5.75 Å². The van der Waals surface area contributed by atoms with Gasteiger partial charge in [0.2, 0.25) is 0 Å². The number of nitrogen functional groups attached to an aromatic ring is 1. The highest BCUT2D eigenvalue weighted by Gasteiger charge is 2.24. The Labute approximate surface area is 155 Å². The molecule has 7 heteroatoms. The Kier molecular flexibility index (Phi) is 4.54. The number of likely N-dealkylation sites (N-methyl/N-ethyl adjacent to an activating group) is 1. The molecule has 3 N–H and O–H groups in total. The number of nitrogens with one attached hydrogen (secondary N) is 1. The number of nitrogens with zero attached hydrogens (tertiary/aromatic N) is 2. The van der Waals surface area contributed by atoms with Crippen molar-refractivity contribution in [3.05, 3.63) is 40.3 Å². The molecule has 1 aliphatic heterocycles. The number of benzene rings is 1. The first-order valence-corrected chi connectivity index (χ1v) is 10.1. The molecule has 0 aliphatic carbocycles. The number of thiophene rings is 1. The van der Waals surface area contributed by atoms with Crippen LogP contribution in [0.3, 0.4) is 0 Å². The fourth-order valence-electron chi connectivity index (χ4n) is 3.15. The van der Waals surface area contributed by atoms with E-state index in [4.69, 9.17) is 15.5 Å². The molecule has 0 spiro atoms. The SMILES string of the molecule is COc1ccc(CSc2nc(N)c3c4c(sc3n2)C[NH+](C)CC4)cc1. The molecule has 0 amide bonds. The van der Waals surface area contributed by atoms with Gasteiger partial charge in [-0.25, -0.2) is 9.97 Å². The van der Waals surface area contributed by atoms with Crippen molar-refractivity contribution in [2.45, 2.75) is 23.9 Å². The number of hydrogen-bond donors (Lipinski definition) is 2. The first kappa shape index (κ1) is 16.6. The average molecular weight is 374 g/mol. The van der Waals surface area contributed by atoms with Gasteiger partial charge < -0.3 is 15.4 Å². The van der Waals surface area contributed by atoms with E-state index < -0.39 is 0 Å². The van der Waals surface area contributed by atoms with Crippen LogP contribution in [0.1, 0.15) is 16.0 Å². The van der Waals surface area contributed by atoms with E-state index in [0.29, 0.717) is 5.82 Å². The monoisotopic (exact) mass is 373 g/mol. The quantitative estimate of drug-likeness (QED) is 0.542. The Morgan fingerprint density at radius 3 is 2.84 bits per heavy atom. The third kappa shape index (κ3) is 3.31. The molecule has 0 fully saturated rings. The summed E-state index contributed by atoms with van der Waals surface area (Å²) in [6, 6.07) is 8.08. The fraction of sp³-hybridized carbons (Fsp3) is 0.333. The van der Waals surface area contributed by atoms with Gasteiger partial charge in [0.05, 0.1) is 31.0 Å². The minimum Gasteiger partial charge on any atom is -0.497 e. The molecule has 4 rings (SSSR count). The minimum absolute atomic E-state index is 0.624. The number of thioether (sulfide) groups is 1. The van der Waals surface area contributed by atoms with Crippen LogP contribution in [0.15, 0.2) is 29.4 Å². The van der Waals surface area contributed by atoms with Crippen LogP contribution in [0.25, 0.3) is 10.2 Å². The Hall–Kier alpha value is -1.83. The molecule has 1 aliphatic rings. The summed E-state index contributed by atoms with van der Waals surface area (Å²) in [5, 5.41) is 1.83. The molecular formula is C18H21N4OS2+. The van der Waals surface area contributed by atoms with E-state index in [1.807, 2.05) is 12.1 Å². The van der Waals surface area contributed by atoms with Crippen molar-refractivity contribution in [1.29, 1.82) is 0 Å². The predicted octanol–water partition coefficient (Wildman–Crippen LogP) is 2.15. The van der Waals surface area contributed by atoms with Gasteiger partial charge in [0.15, 0.2) is 5.16 Å². The number of fused-ring (bicyclic) bond motifs is 3. The van der Waals surface area contributed by atoms with E-state index in [0.717, 1.165) is 46.4 Å². The zero-order chi connectivity index (χ0) is 17.4. The zero-order valence-corrected chi connectivity index (χ0v) is 16.0. The summed E-state index contributed by atoms with van der Waals surface area (Å²) in [7, 11) is 3.91. The number of rotatable bonds is 4. The highest BCUT2D eigenvalue weighted by molar-refractivity contribution is 7.98. The lowest BCUT2D eigenvalue weighted by Crippen LogP contribution is -3.08. The van der Waals surface area contributed by atoms with Crippen LogP contribution in [0, 0.1) is 0 Å². The lowest BCUT2D eigenvalue weighted by molar-refractivity contribution is -0.895. The highest BCUT2D eigenvalue weighted by Crippen LogP contribution is 2.35. The van der Waals surface area contributed by atoms with Crippen molar-refractivity contribution in [2.75, 3.05) is 26.4 Å². The highest BCUT2D eigenvalue weighted by atomic mass is 32.2. The van der Waals surface area contributed by atoms with Crippen molar-refractivity contribution in [2.24, 2.45) is 0 Å². The Bertz CT molecular complexity index is 908. The van der Waals surface area contributed by atoms with Gasteiger partial charge in [-0.1, -0.05) is 23.9 Å². The molecule has 1 aromatic carbocycles. The van der Waals surface area contributed by atoms with Crippen molar-refractivity contribution in [3.63, 3.8) is 0 Å². The minimum atomic E-state index is 0.624. The summed E-state index contributed by atoms with van der Waals surface area (Å²) < 4.78 is 5.19. The normalized spacial score (nSPS) is 16.8. The molecule has 3 aromatic rings. The summed E-state index contributed by atoms with van der Waals surface area (Å²) in [5.74, 6) is 2.30. The number of hydrogen-bond acceptors (Lipinski definition) is 6. The maximum absolute atomic E-state index is 6.29. The number of methoxy groups -OCH3 is 1. The largest absolute Gasteiger partial charge is 0.497 e. The zero-order valence-electron chi connectivity index (χ0n) is 14.3. The lowest BCUT2D eigenvalue weighted by Gasteiger charge is -2.19. The molecule has 1 atom stereocenters. The van der Waals surface area contributed by atoms with Crippen molar-refractivity contribution in [3.8, 4) is 5.75 Å². The molecule has 0 saturated carbocycles. The summed E-state index contributed by atoms with van der Waals surface area (Å²) in [6.07, 6.45) is 1.06. The number of nitrogens with two attached hydrogens (primary N) is 1. The van der Waals surface area contributed by atoms with Crippen LogP contribution in [-0.2, 0) is 18.7 Å². The Morgan fingerprint density at radius 2 is 2.08 bits per heavy atom.